The van der Waals surface area contributed by atoms with Gasteiger partial charge in [-0.25, -0.2) is 4.79 Å². The Morgan fingerprint density at radius 2 is 2.06 bits per heavy atom. The highest BCUT2D eigenvalue weighted by Gasteiger charge is 2.14. The van der Waals surface area contributed by atoms with E-state index in [0.29, 0.717) is 15.1 Å². The third-order valence-electron chi connectivity index (χ3n) is 2.50. The second kappa shape index (κ2) is 6.75. The predicted octanol–water partition coefficient (Wildman–Crippen LogP) is 2.72. The number of hydrogen-bond acceptors (Lipinski definition) is 4. The Hall–Kier alpha value is -1.07. The largest absolute Gasteiger partial charge is 0.451 e. The van der Waals surface area contributed by atoms with Crippen LogP contribution in [0.15, 0.2) is 12.1 Å². The number of carbonyl (C=O) groups is 2. The van der Waals surface area contributed by atoms with Crippen LogP contribution in [0.5, 0.6) is 0 Å². The summed E-state index contributed by atoms with van der Waals surface area (Å²) >= 11 is 6.83. The van der Waals surface area contributed by atoms with Crippen molar-refractivity contribution in [2.75, 3.05) is 6.61 Å². The van der Waals surface area contributed by atoms with Gasteiger partial charge in [-0.2, -0.15) is 0 Å². The first-order valence-corrected chi connectivity index (χ1v) is 6.81. The van der Waals surface area contributed by atoms with Gasteiger partial charge in [0.05, 0.1) is 4.34 Å². The zero-order valence-corrected chi connectivity index (χ0v) is 12.1. The van der Waals surface area contributed by atoms with Crippen molar-refractivity contribution in [2.45, 2.75) is 26.8 Å². The normalized spacial score (nSPS) is 12.3. The van der Waals surface area contributed by atoms with Gasteiger partial charge < -0.3 is 10.1 Å². The van der Waals surface area contributed by atoms with Crippen LogP contribution in [0, 0.1) is 5.92 Å². The lowest BCUT2D eigenvalue weighted by Gasteiger charge is -2.17. The average molecular weight is 290 g/mol. The molecule has 0 radical (unpaired) electrons. The molecular formula is C12H16ClNO3S. The molecule has 0 unspecified atom stereocenters. The number of halogens is 1. The van der Waals surface area contributed by atoms with Crippen molar-refractivity contribution in [3.05, 3.63) is 21.3 Å². The summed E-state index contributed by atoms with van der Waals surface area (Å²) in [6, 6.07) is 3.24. The van der Waals surface area contributed by atoms with Crippen molar-refractivity contribution in [3.63, 3.8) is 0 Å². The molecule has 1 atom stereocenters. The molecule has 1 rings (SSSR count). The minimum absolute atomic E-state index is 0.0485. The van der Waals surface area contributed by atoms with Crippen molar-refractivity contribution in [3.8, 4) is 0 Å². The van der Waals surface area contributed by atoms with E-state index in [-0.39, 0.29) is 18.6 Å². The van der Waals surface area contributed by atoms with Crippen LogP contribution >= 0.6 is 22.9 Å². The monoisotopic (exact) mass is 289 g/mol. The minimum Gasteiger partial charge on any atom is -0.451 e. The molecular weight excluding hydrogens is 274 g/mol. The van der Waals surface area contributed by atoms with Crippen LogP contribution in [-0.2, 0) is 9.53 Å². The molecule has 18 heavy (non-hydrogen) atoms. The lowest BCUT2D eigenvalue weighted by atomic mass is 10.1. The van der Waals surface area contributed by atoms with Gasteiger partial charge in [0.15, 0.2) is 6.61 Å². The molecule has 4 nitrogen and oxygen atoms in total. The van der Waals surface area contributed by atoms with Crippen molar-refractivity contribution < 1.29 is 14.3 Å². The van der Waals surface area contributed by atoms with Crippen LogP contribution in [0.4, 0.5) is 0 Å². The van der Waals surface area contributed by atoms with E-state index >= 15 is 0 Å². The Balaban J connectivity index is 2.37. The van der Waals surface area contributed by atoms with Crippen LogP contribution in [-0.4, -0.2) is 24.5 Å². The van der Waals surface area contributed by atoms with Gasteiger partial charge >= 0.3 is 5.97 Å². The third-order valence-corrected chi connectivity index (χ3v) is 3.71. The molecule has 1 heterocycles. The first-order chi connectivity index (χ1) is 8.40. The summed E-state index contributed by atoms with van der Waals surface area (Å²) in [5.41, 5.74) is 0. The zero-order chi connectivity index (χ0) is 13.7. The Labute approximate surface area is 115 Å². The number of thiophene rings is 1. The lowest BCUT2D eigenvalue weighted by molar-refractivity contribution is -0.125. The van der Waals surface area contributed by atoms with E-state index in [1.807, 2.05) is 20.8 Å². The molecule has 0 aromatic carbocycles. The van der Waals surface area contributed by atoms with E-state index in [9.17, 15) is 9.59 Å². The lowest BCUT2D eigenvalue weighted by Crippen LogP contribution is -2.38. The van der Waals surface area contributed by atoms with Gasteiger partial charge in [-0.1, -0.05) is 25.4 Å². The molecule has 1 N–H and O–H groups in total. The molecule has 0 saturated carbocycles. The Bertz CT molecular complexity index is 431. The zero-order valence-electron chi connectivity index (χ0n) is 10.5. The van der Waals surface area contributed by atoms with E-state index in [0.717, 1.165) is 11.3 Å². The number of esters is 1. The first-order valence-electron chi connectivity index (χ1n) is 5.62. The van der Waals surface area contributed by atoms with Crippen LogP contribution in [0.25, 0.3) is 0 Å². The van der Waals surface area contributed by atoms with Crippen LogP contribution in [0.2, 0.25) is 4.34 Å². The number of ether oxygens (including phenoxy) is 1. The quantitative estimate of drug-likeness (QED) is 0.848. The van der Waals surface area contributed by atoms with E-state index in [4.69, 9.17) is 16.3 Å². The average Bonchev–Trinajstić information content (AvgIpc) is 2.72. The SMILES string of the molecule is CC(C)[C@H](C)NC(=O)COC(=O)c1ccc(Cl)s1. The molecule has 0 aliphatic heterocycles. The van der Waals surface area contributed by atoms with E-state index in [1.54, 1.807) is 12.1 Å². The summed E-state index contributed by atoms with van der Waals surface area (Å²) in [6.07, 6.45) is 0. The van der Waals surface area contributed by atoms with E-state index in [2.05, 4.69) is 5.32 Å². The molecule has 6 heteroatoms. The Kier molecular flexibility index (Phi) is 5.62. The number of nitrogens with one attached hydrogen (secondary N) is 1. The van der Waals surface area contributed by atoms with Crippen LogP contribution < -0.4 is 5.32 Å². The number of rotatable bonds is 5. The highest BCUT2D eigenvalue weighted by Crippen LogP contribution is 2.21. The number of carbonyl (C=O) groups excluding carboxylic acids is 2. The highest BCUT2D eigenvalue weighted by atomic mass is 35.5. The van der Waals surface area contributed by atoms with Gasteiger partial charge in [-0.05, 0) is 25.0 Å². The molecule has 0 aliphatic carbocycles. The summed E-state index contributed by atoms with van der Waals surface area (Å²) in [7, 11) is 0. The van der Waals surface area contributed by atoms with Crippen LogP contribution in [0.3, 0.4) is 0 Å². The predicted molar refractivity (Wildman–Crippen MR) is 72.1 cm³/mol. The van der Waals surface area contributed by atoms with Crippen molar-refractivity contribution >= 4 is 34.8 Å². The topological polar surface area (TPSA) is 55.4 Å². The fourth-order valence-electron chi connectivity index (χ4n) is 1.09. The van der Waals surface area contributed by atoms with Crippen LogP contribution in [0.1, 0.15) is 30.4 Å². The smallest absolute Gasteiger partial charge is 0.348 e. The third kappa shape index (κ3) is 4.66. The maximum atomic E-state index is 11.5. The molecule has 0 fully saturated rings. The van der Waals surface area contributed by atoms with E-state index in [1.165, 1.54) is 0 Å². The second-order valence-corrected chi connectivity index (χ2v) is 6.00. The maximum absolute atomic E-state index is 11.5. The first kappa shape index (κ1) is 15.0. The van der Waals surface area contributed by atoms with Gasteiger partial charge in [0.25, 0.3) is 5.91 Å². The molecule has 1 amide bonds. The Morgan fingerprint density at radius 3 is 2.56 bits per heavy atom. The van der Waals surface area contributed by atoms with Gasteiger partial charge in [-0.3, -0.25) is 4.79 Å². The van der Waals surface area contributed by atoms with Crippen molar-refractivity contribution in [2.24, 2.45) is 5.92 Å². The highest BCUT2D eigenvalue weighted by molar-refractivity contribution is 7.17. The second-order valence-electron chi connectivity index (χ2n) is 4.28. The summed E-state index contributed by atoms with van der Waals surface area (Å²) in [4.78, 5) is 23.4. The van der Waals surface area contributed by atoms with E-state index < -0.39 is 5.97 Å². The van der Waals surface area contributed by atoms with Crippen molar-refractivity contribution in [1.29, 1.82) is 0 Å². The molecule has 0 aliphatic rings. The standard InChI is InChI=1S/C12H16ClNO3S/c1-7(2)8(3)14-11(15)6-17-12(16)9-4-5-10(13)18-9/h4-5,7-8H,6H2,1-3H3,(H,14,15)/t8-/m0/s1. The molecule has 1 aromatic rings. The fraction of sp³-hybridized carbons (Fsp3) is 0.500. The maximum Gasteiger partial charge on any atom is 0.348 e. The number of hydrogen-bond donors (Lipinski definition) is 1. The van der Waals surface area contributed by atoms with Gasteiger partial charge in [0, 0.05) is 6.04 Å². The van der Waals surface area contributed by atoms with Gasteiger partial charge in [0.2, 0.25) is 0 Å². The summed E-state index contributed by atoms with van der Waals surface area (Å²) < 4.78 is 5.40. The van der Waals surface area contributed by atoms with Gasteiger partial charge in [-0.15, -0.1) is 11.3 Å². The van der Waals surface area contributed by atoms with Crippen molar-refractivity contribution in [1.82, 2.24) is 5.32 Å². The fourth-order valence-corrected chi connectivity index (χ4v) is 2.03. The summed E-state index contributed by atoms with van der Waals surface area (Å²) in [5.74, 6) is -0.493. The summed E-state index contributed by atoms with van der Waals surface area (Å²) in [5, 5.41) is 2.75. The molecule has 0 bridgehead atoms. The molecule has 0 saturated heterocycles. The molecule has 0 spiro atoms. The number of amides is 1. The Morgan fingerprint density at radius 1 is 1.39 bits per heavy atom. The molecule has 1 aromatic heterocycles. The summed E-state index contributed by atoms with van der Waals surface area (Å²) in [6.45, 7) is 5.64. The minimum atomic E-state index is -0.528. The molecule has 100 valence electrons. The van der Waals surface area contributed by atoms with Gasteiger partial charge in [0.1, 0.15) is 4.88 Å².